The highest BCUT2D eigenvalue weighted by atomic mass is 32.2. The number of fused-ring (bicyclic) bond motifs is 1. The average molecular weight is 437 g/mol. The van der Waals surface area contributed by atoms with E-state index in [1.165, 1.54) is 18.2 Å². The van der Waals surface area contributed by atoms with Crippen molar-refractivity contribution in [2.75, 3.05) is 19.1 Å². The van der Waals surface area contributed by atoms with E-state index in [1.54, 1.807) is 0 Å². The first-order valence-electron chi connectivity index (χ1n) is 10.5. The Hall–Kier alpha value is -3.00. The largest absolute Gasteiger partial charge is 0.454 e. The standard InChI is InChI=1S/C23H24N4O3S/c1-16-7-5-6-12-26(16)21(28)14-31-23-25-24-22(27(23)18-8-3-2-4-9-18)17-10-11-19-20(13-17)30-15-29-19/h2-4,8-11,13,16H,5-7,12,14-15H2,1H3/t16-/m0/s1. The predicted octanol–water partition coefficient (Wildman–Crippen LogP) is 4.16. The zero-order chi connectivity index (χ0) is 21.2. The van der Waals surface area contributed by atoms with E-state index in [4.69, 9.17) is 9.47 Å². The van der Waals surface area contributed by atoms with Crippen LogP contribution in [-0.2, 0) is 4.79 Å². The van der Waals surface area contributed by atoms with Gasteiger partial charge in [0.25, 0.3) is 0 Å². The molecule has 1 fully saturated rings. The molecule has 0 spiro atoms. The molecule has 160 valence electrons. The van der Waals surface area contributed by atoms with Gasteiger partial charge in [-0.05, 0) is 56.5 Å². The number of nitrogens with zero attached hydrogens (tertiary/aromatic N) is 4. The lowest BCUT2D eigenvalue weighted by Gasteiger charge is -2.33. The smallest absolute Gasteiger partial charge is 0.233 e. The summed E-state index contributed by atoms with van der Waals surface area (Å²) >= 11 is 1.43. The van der Waals surface area contributed by atoms with Crippen molar-refractivity contribution in [3.05, 3.63) is 48.5 Å². The van der Waals surface area contributed by atoms with Crippen LogP contribution in [0.3, 0.4) is 0 Å². The number of carbonyl (C=O) groups is 1. The van der Waals surface area contributed by atoms with Gasteiger partial charge in [0.15, 0.2) is 22.5 Å². The van der Waals surface area contributed by atoms with E-state index < -0.39 is 0 Å². The number of carbonyl (C=O) groups excluding carboxylic acids is 1. The van der Waals surface area contributed by atoms with Gasteiger partial charge in [0.2, 0.25) is 12.7 Å². The van der Waals surface area contributed by atoms with E-state index in [1.807, 2.05) is 58.0 Å². The van der Waals surface area contributed by atoms with Crippen molar-refractivity contribution in [2.24, 2.45) is 0 Å². The van der Waals surface area contributed by atoms with Gasteiger partial charge >= 0.3 is 0 Å². The molecule has 1 amide bonds. The van der Waals surface area contributed by atoms with Gasteiger partial charge in [0.1, 0.15) is 0 Å². The number of para-hydroxylation sites is 1. The fourth-order valence-corrected chi connectivity index (χ4v) is 4.91. The first kappa shape index (κ1) is 19.9. The van der Waals surface area contributed by atoms with Crippen LogP contribution in [0.2, 0.25) is 0 Å². The third kappa shape index (κ3) is 3.99. The SMILES string of the molecule is C[C@H]1CCCCN1C(=O)CSc1nnc(-c2ccc3c(c2)OCO3)n1-c1ccccc1. The molecule has 8 heteroatoms. The van der Waals surface area contributed by atoms with Crippen LogP contribution in [0.5, 0.6) is 11.5 Å². The second-order valence-corrected chi connectivity index (χ2v) is 8.71. The normalized spacial score (nSPS) is 17.7. The zero-order valence-electron chi connectivity index (χ0n) is 17.4. The number of ether oxygens (including phenoxy) is 2. The van der Waals surface area contributed by atoms with Crippen LogP contribution < -0.4 is 9.47 Å². The van der Waals surface area contributed by atoms with Crippen molar-refractivity contribution < 1.29 is 14.3 Å². The molecule has 31 heavy (non-hydrogen) atoms. The Kier molecular flexibility index (Phi) is 5.55. The van der Waals surface area contributed by atoms with E-state index in [-0.39, 0.29) is 12.7 Å². The Bertz CT molecular complexity index is 1090. The van der Waals surface area contributed by atoms with E-state index in [2.05, 4.69) is 17.1 Å². The highest BCUT2D eigenvalue weighted by Gasteiger charge is 2.25. The number of thioether (sulfide) groups is 1. The molecule has 0 unspecified atom stereocenters. The number of likely N-dealkylation sites (tertiary alicyclic amines) is 1. The number of hydrogen-bond acceptors (Lipinski definition) is 6. The number of amides is 1. The molecule has 3 aromatic rings. The molecule has 0 radical (unpaired) electrons. The molecule has 1 saturated heterocycles. The van der Waals surface area contributed by atoms with Gasteiger partial charge in [0.05, 0.1) is 5.75 Å². The van der Waals surface area contributed by atoms with Gasteiger partial charge in [0, 0.05) is 23.8 Å². The zero-order valence-corrected chi connectivity index (χ0v) is 18.2. The number of aromatic nitrogens is 3. The van der Waals surface area contributed by atoms with Crippen LogP contribution in [0.25, 0.3) is 17.1 Å². The van der Waals surface area contributed by atoms with Gasteiger partial charge in [-0.3, -0.25) is 9.36 Å². The Labute approximate surface area is 185 Å². The Morgan fingerprint density at radius 1 is 1.10 bits per heavy atom. The summed E-state index contributed by atoms with van der Waals surface area (Å²) in [7, 11) is 0. The molecule has 7 nitrogen and oxygen atoms in total. The van der Waals surface area contributed by atoms with Crippen molar-refractivity contribution in [1.82, 2.24) is 19.7 Å². The molecule has 2 aliphatic rings. The molecule has 2 aromatic carbocycles. The van der Waals surface area contributed by atoms with E-state index in [0.29, 0.717) is 28.5 Å². The highest BCUT2D eigenvalue weighted by molar-refractivity contribution is 7.99. The van der Waals surface area contributed by atoms with E-state index >= 15 is 0 Å². The molecule has 0 bridgehead atoms. The first-order chi connectivity index (χ1) is 15.2. The molecule has 0 aliphatic carbocycles. The Morgan fingerprint density at radius 2 is 1.94 bits per heavy atom. The van der Waals surface area contributed by atoms with Gasteiger partial charge in [-0.1, -0.05) is 30.0 Å². The van der Waals surface area contributed by atoms with Crippen molar-refractivity contribution in [3.63, 3.8) is 0 Å². The second kappa shape index (κ2) is 8.63. The summed E-state index contributed by atoms with van der Waals surface area (Å²) in [5.41, 5.74) is 1.82. The Morgan fingerprint density at radius 3 is 2.77 bits per heavy atom. The average Bonchev–Trinajstić information content (AvgIpc) is 3.44. The summed E-state index contributed by atoms with van der Waals surface area (Å²) in [5.74, 6) is 2.63. The lowest BCUT2D eigenvalue weighted by molar-refractivity contribution is -0.131. The highest BCUT2D eigenvalue weighted by Crippen LogP contribution is 2.37. The third-order valence-electron chi connectivity index (χ3n) is 5.73. The topological polar surface area (TPSA) is 69.5 Å². The lowest BCUT2D eigenvalue weighted by Crippen LogP contribution is -2.42. The van der Waals surface area contributed by atoms with Crippen LogP contribution in [0.4, 0.5) is 0 Å². The van der Waals surface area contributed by atoms with E-state index in [0.717, 1.165) is 36.4 Å². The van der Waals surface area contributed by atoms with Gasteiger partial charge in [-0.25, -0.2) is 0 Å². The van der Waals surface area contributed by atoms with Crippen molar-refractivity contribution in [3.8, 4) is 28.6 Å². The molecule has 1 aromatic heterocycles. The van der Waals surface area contributed by atoms with Crippen LogP contribution >= 0.6 is 11.8 Å². The van der Waals surface area contributed by atoms with Crippen LogP contribution in [0.1, 0.15) is 26.2 Å². The van der Waals surface area contributed by atoms with Gasteiger partial charge < -0.3 is 14.4 Å². The maximum atomic E-state index is 12.9. The summed E-state index contributed by atoms with van der Waals surface area (Å²) in [6.45, 7) is 3.20. The quantitative estimate of drug-likeness (QED) is 0.560. The molecule has 3 heterocycles. The molecular formula is C23H24N4O3S. The molecular weight excluding hydrogens is 412 g/mol. The molecule has 2 aliphatic heterocycles. The summed E-state index contributed by atoms with van der Waals surface area (Å²) in [4.78, 5) is 14.9. The lowest BCUT2D eigenvalue weighted by atomic mass is 10.0. The second-order valence-electron chi connectivity index (χ2n) is 7.77. The number of hydrogen-bond donors (Lipinski definition) is 0. The number of rotatable bonds is 5. The maximum absolute atomic E-state index is 12.9. The third-order valence-corrected chi connectivity index (χ3v) is 6.64. The van der Waals surface area contributed by atoms with Crippen molar-refractivity contribution in [1.29, 1.82) is 0 Å². The number of benzene rings is 2. The van der Waals surface area contributed by atoms with E-state index in [9.17, 15) is 4.79 Å². The van der Waals surface area contributed by atoms with Crippen LogP contribution in [-0.4, -0.2) is 50.7 Å². The first-order valence-corrected chi connectivity index (χ1v) is 11.5. The summed E-state index contributed by atoms with van der Waals surface area (Å²) < 4.78 is 13.0. The molecule has 5 rings (SSSR count). The minimum atomic E-state index is 0.157. The van der Waals surface area contributed by atoms with Crippen LogP contribution in [0, 0.1) is 0 Å². The Balaban J connectivity index is 1.45. The van der Waals surface area contributed by atoms with Gasteiger partial charge in [-0.15, -0.1) is 10.2 Å². The summed E-state index contributed by atoms with van der Waals surface area (Å²) in [5, 5.41) is 9.59. The molecule has 0 N–H and O–H groups in total. The summed E-state index contributed by atoms with van der Waals surface area (Å²) in [6, 6.07) is 16.0. The predicted molar refractivity (Wildman–Crippen MR) is 119 cm³/mol. The maximum Gasteiger partial charge on any atom is 0.233 e. The van der Waals surface area contributed by atoms with Gasteiger partial charge in [-0.2, -0.15) is 0 Å². The summed E-state index contributed by atoms with van der Waals surface area (Å²) in [6.07, 6.45) is 3.35. The monoisotopic (exact) mass is 436 g/mol. The van der Waals surface area contributed by atoms with Crippen molar-refractivity contribution in [2.45, 2.75) is 37.4 Å². The van der Waals surface area contributed by atoms with Crippen molar-refractivity contribution >= 4 is 17.7 Å². The number of piperidine rings is 1. The molecule has 0 saturated carbocycles. The fraction of sp³-hybridized carbons (Fsp3) is 0.348. The minimum Gasteiger partial charge on any atom is -0.454 e. The molecule has 1 atom stereocenters. The fourth-order valence-electron chi connectivity index (χ4n) is 4.07. The minimum absolute atomic E-state index is 0.157. The van der Waals surface area contributed by atoms with Crippen LogP contribution in [0.15, 0.2) is 53.7 Å².